The van der Waals surface area contributed by atoms with Gasteiger partial charge in [0.1, 0.15) is 0 Å². The number of nitrogens with zero attached hydrogens (tertiary/aromatic N) is 1. The van der Waals surface area contributed by atoms with Crippen molar-refractivity contribution < 1.29 is 9.59 Å². The van der Waals surface area contributed by atoms with E-state index >= 15 is 0 Å². The van der Waals surface area contributed by atoms with E-state index in [4.69, 9.17) is 0 Å². The molecule has 1 N–H and O–H groups in total. The van der Waals surface area contributed by atoms with Gasteiger partial charge in [-0.3, -0.25) is 9.59 Å². The van der Waals surface area contributed by atoms with Crippen molar-refractivity contribution >= 4 is 39.1 Å². The van der Waals surface area contributed by atoms with E-state index in [9.17, 15) is 9.59 Å². The minimum absolute atomic E-state index is 0.0741. The predicted molar refractivity (Wildman–Crippen MR) is 70.4 cm³/mol. The molecule has 17 heavy (non-hydrogen) atoms. The van der Waals surface area contributed by atoms with Crippen LogP contribution in [0.1, 0.15) is 13.3 Å². The number of hydrogen-bond acceptors (Lipinski definition) is 2. The van der Waals surface area contributed by atoms with E-state index in [1.807, 2.05) is 18.2 Å². The molecule has 2 amide bonds. The molecular weight excluding hydrogens is 284 g/mol. The molecule has 0 aliphatic carbocycles. The van der Waals surface area contributed by atoms with Crippen LogP contribution in [0.2, 0.25) is 0 Å². The topological polar surface area (TPSA) is 49.4 Å². The first kappa shape index (κ1) is 12.1. The maximum Gasteiger partial charge on any atom is 0.240 e. The van der Waals surface area contributed by atoms with Crippen LogP contribution < -0.4 is 10.2 Å². The van der Waals surface area contributed by atoms with Crippen LogP contribution in [-0.2, 0) is 9.59 Å². The highest BCUT2D eigenvalue weighted by atomic mass is 79.9. The average Bonchev–Trinajstić information content (AvgIpc) is 2.59. The van der Waals surface area contributed by atoms with Crippen LogP contribution in [-0.4, -0.2) is 23.2 Å². The number of alkyl halides is 1. The zero-order valence-electron chi connectivity index (χ0n) is 9.44. The van der Waals surface area contributed by atoms with Crippen molar-refractivity contribution in [2.24, 2.45) is 0 Å². The fraction of sp³-hybridized carbons (Fsp3) is 0.333. The van der Waals surface area contributed by atoms with Gasteiger partial charge in [0, 0.05) is 24.8 Å². The number of rotatable bonds is 2. The molecule has 1 aromatic rings. The Labute approximate surface area is 108 Å². The van der Waals surface area contributed by atoms with E-state index in [1.165, 1.54) is 6.92 Å². The first-order valence-electron chi connectivity index (χ1n) is 5.41. The van der Waals surface area contributed by atoms with E-state index < -0.39 is 0 Å². The smallest absolute Gasteiger partial charge is 0.240 e. The molecule has 1 heterocycles. The largest absolute Gasteiger partial charge is 0.326 e. The lowest BCUT2D eigenvalue weighted by Gasteiger charge is -2.16. The monoisotopic (exact) mass is 296 g/mol. The number of benzene rings is 1. The number of nitrogens with one attached hydrogen (secondary N) is 1. The third-order valence-corrected chi connectivity index (χ3v) is 3.47. The molecule has 1 aliphatic heterocycles. The number of carbonyl (C=O) groups is 2. The van der Waals surface area contributed by atoms with Crippen molar-refractivity contribution in [1.82, 2.24) is 0 Å². The highest BCUT2D eigenvalue weighted by Gasteiger charge is 2.30. The van der Waals surface area contributed by atoms with Gasteiger partial charge < -0.3 is 10.2 Å². The summed E-state index contributed by atoms with van der Waals surface area (Å²) in [6, 6.07) is 7.31. The number of amides is 2. The molecule has 1 aromatic carbocycles. The predicted octanol–water partition coefficient (Wildman–Crippen LogP) is 2.15. The molecule has 1 saturated heterocycles. The average molecular weight is 297 g/mol. The standard InChI is InChI=1S/C12H13BrN2O2/c1-8(16)14-9-3-2-4-10(7-9)15-6-5-11(13)12(15)17/h2-4,7,11H,5-6H2,1H3,(H,14,16). The van der Waals surface area contributed by atoms with Crippen LogP contribution in [0.3, 0.4) is 0 Å². The second-order valence-electron chi connectivity index (χ2n) is 3.98. The van der Waals surface area contributed by atoms with Crippen molar-refractivity contribution in [2.75, 3.05) is 16.8 Å². The third kappa shape index (κ3) is 2.66. The fourth-order valence-corrected chi connectivity index (χ4v) is 2.31. The number of carbonyl (C=O) groups excluding carboxylic acids is 2. The summed E-state index contributed by atoms with van der Waals surface area (Å²) in [4.78, 5) is 24.4. The number of anilines is 2. The molecule has 1 unspecified atom stereocenters. The van der Waals surface area contributed by atoms with Crippen LogP contribution in [0.15, 0.2) is 24.3 Å². The molecule has 0 spiro atoms. The number of hydrogen-bond donors (Lipinski definition) is 1. The van der Waals surface area contributed by atoms with E-state index in [0.717, 1.165) is 12.1 Å². The van der Waals surface area contributed by atoms with Gasteiger partial charge in [-0.25, -0.2) is 0 Å². The summed E-state index contributed by atoms with van der Waals surface area (Å²) in [6.45, 7) is 2.17. The lowest BCUT2D eigenvalue weighted by molar-refractivity contribution is -0.116. The molecule has 0 saturated carbocycles. The van der Waals surface area contributed by atoms with Gasteiger partial charge in [0.15, 0.2) is 0 Å². The normalized spacial score (nSPS) is 19.5. The van der Waals surface area contributed by atoms with Crippen LogP contribution >= 0.6 is 15.9 Å². The highest BCUT2D eigenvalue weighted by Crippen LogP contribution is 2.27. The Morgan fingerprint density at radius 3 is 2.88 bits per heavy atom. The molecule has 4 nitrogen and oxygen atoms in total. The van der Waals surface area contributed by atoms with Gasteiger partial charge in [0.2, 0.25) is 11.8 Å². The van der Waals surface area contributed by atoms with E-state index in [2.05, 4.69) is 21.2 Å². The quantitative estimate of drug-likeness (QED) is 0.850. The molecule has 5 heteroatoms. The van der Waals surface area contributed by atoms with Crippen LogP contribution in [0.5, 0.6) is 0 Å². The van der Waals surface area contributed by atoms with Gasteiger partial charge in [0.05, 0.1) is 4.83 Å². The van der Waals surface area contributed by atoms with Gasteiger partial charge in [-0.05, 0) is 24.6 Å². The van der Waals surface area contributed by atoms with E-state index in [-0.39, 0.29) is 16.6 Å². The van der Waals surface area contributed by atoms with Crippen LogP contribution in [0.4, 0.5) is 11.4 Å². The Balaban J connectivity index is 2.21. The van der Waals surface area contributed by atoms with Crippen LogP contribution in [0, 0.1) is 0 Å². The van der Waals surface area contributed by atoms with E-state index in [0.29, 0.717) is 12.2 Å². The minimum Gasteiger partial charge on any atom is -0.326 e. The maximum absolute atomic E-state index is 11.8. The zero-order valence-corrected chi connectivity index (χ0v) is 11.0. The van der Waals surface area contributed by atoms with Gasteiger partial charge in [0.25, 0.3) is 0 Å². The minimum atomic E-state index is -0.117. The third-order valence-electron chi connectivity index (χ3n) is 2.62. The van der Waals surface area contributed by atoms with Crippen molar-refractivity contribution in [2.45, 2.75) is 18.2 Å². The Kier molecular flexibility index (Phi) is 3.47. The Hall–Kier alpha value is -1.36. The van der Waals surface area contributed by atoms with Gasteiger partial charge >= 0.3 is 0 Å². The summed E-state index contributed by atoms with van der Waals surface area (Å²) in [5, 5.41) is 2.71. The fourth-order valence-electron chi connectivity index (χ4n) is 1.86. The summed E-state index contributed by atoms with van der Waals surface area (Å²) >= 11 is 3.34. The summed E-state index contributed by atoms with van der Waals surface area (Å²) < 4.78 is 0. The second-order valence-corrected chi connectivity index (χ2v) is 5.08. The summed E-state index contributed by atoms with van der Waals surface area (Å²) in [6.07, 6.45) is 0.809. The summed E-state index contributed by atoms with van der Waals surface area (Å²) in [7, 11) is 0. The molecule has 1 fully saturated rings. The van der Waals surface area contributed by atoms with Crippen LogP contribution in [0.25, 0.3) is 0 Å². The molecule has 1 aliphatic rings. The Morgan fingerprint density at radius 2 is 2.29 bits per heavy atom. The molecule has 2 rings (SSSR count). The van der Waals surface area contributed by atoms with Crippen molar-refractivity contribution in [3.8, 4) is 0 Å². The SMILES string of the molecule is CC(=O)Nc1cccc(N2CCC(Br)C2=O)c1. The van der Waals surface area contributed by atoms with E-state index in [1.54, 1.807) is 11.0 Å². The molecular formula is C12H13BrN2O2. The van der Waals surface area contributed by atoms with Crippen molar-refractivity contribution in [3.05, 3.63) is 24.3 Å². The lowest BCUT2D eigenvalue weighted by atomic mass is 10.2. The van der Waals surface area contributed by atoms with Crippen molar-refractivity contribution in [1.29, 1.82) is 0 Å². The summed E-state index contributed by atoms with van der Waals surface area (Å²) in [5.74, 6) is -0.0433. The first-order chi connectivity index (χ1) is 8.08. The molecule has 90 valence electrons. The molecule has 0 bridgehead atoms. The lowest BCUT2D eigenvalue weighted by Crippen LogP contribution is -2.27. The van der Waals surface area contributed by atoms with Gasteiger partial charge in [-0.1, -0.05) is 22.0 Å². The second kappa shape index (κ2) is 4.87. The van der Waals surface area contributed by atoms with Crippen molar-refractivity contribution in [3.63, 3.8) is 0 Å². The maximum atomic E-state index is 11.8. The van der Waals surface area contributed by atoms with Gasteiger partial charge in [-0.15, -0.1) is 0 Å². The first-order valence-corrected chi connectivity index (χ1v) is 6.32. The molecule has 0 radical (unpaired) electrons. The highest BCUT2D eigenvalue weighted by molar-refractivity contribution is 9.10. The molecule has 0 aromatic heterocycles. The summed E-state index contributed by atoms with van der Waals surface area (Å²) in [5.41, 5.74) is 1.53. The molecule has 1 atom stereocenters. The van der Waals surface area contributed by atoms with Gasteiger partial charge in [-0.2, -0.15) is 0 Å². The Morgan fingerprint density at radius 1 is 1.53 bits per heavy atom. The number of halogens is 1. The Bertz CT molecular complexity index is 462. The zero-order chi connectivity index (χ0) is 12.4.